The van der Waals surface area contributed by atoms with Crippen LogP contribution >= 0.6 is 23.2 Å². The van der Waals surface area contributed by atoms with Gasteiger partial charge in [-0.25, -0.2) is 9.37 Å². The highest BCUT2D eigenvalue weighted by Crippen LogP contribution is 2.30. The van der Waals surface area contributed by atoms with E-state index in [2.05, 4.69) is 16.9 Å². The van der Waals surface area contributed by atoms with Crippen molar-refractivity contribution >= 4 is 34.9 Å². The van der Waals surface area contributed by atoms with Gasteiger partial charge in [0.2, 0.25) is 5.91 Å². The monoisotopic (exact) mass is 516 g/mol. The number of nitrogens with two attached hydrogens (primary N) is 1. The summed E-state index contributed by atoms with van der Waals surface area (Å²) < 4.78 is 19.6. The number of hydrogen-bond donors (Lipinski definition) is 1. The SMILES string of the molecule is CN1CCN(C(=O)Cc2ccc(-c3cnc(N)c(OCCc4c(Cl)ccc(F)c4Cl)c3)cc2)CC1. The first-order valence-electron chi connectivity index (χ1n) is 11.4. The van der Waals surface area contributed by atoms with Crippen LogP contribution in [0, 0.1) is 5.82 Å². The van der Waals surface area contributed by atoms with Crippen LogP contribution in [0.4, 0.5) is 10.2 Å². The first-order valence-corrected chi connectivity index (χ1v) is 12.1. The van der Waals surface area contributed by atoms with E-state index in [1.54, 1.807) is 6.20 Å². The molecular formula is C26H27Cl2FN4O2. The number of halogens is 3. The second-order valence-corrected chi connectivity index (χ2v) is 9.37. The Morgan fingerprint density at radius 3 is 2.51 bits per heavy atom. The van der Waals surface area contributed by atoms with E-state index >= 15 is 0 Å². The van der Waals surface area contributed by atoms with Crippen molar-refractivity contribution in [2.75, 3.05) is 45.6 Å². The quantitative estimate of drug-likeness (QED) is 0.460. The van der Waals surface area contributed by atoms with Crippen LogP contribution in [-0.2, 0) is 17.6 Å². The Bertz CT molecular complexity index is 1200. The van der Waals surface area contributed by atoms with Gasteiger partial charge in [0.1, 0.15) is 5.82 Å². The Labute approximate surface area is 214 Å². The molecule has 0 radical (unpaired) electrons. The van der Waals surface area contributed by atoms with E-state index in [9.17, 15) is 9.18 Å². The maximum absolute atomic E-state index is 13.7. The summed E-state index contributed by atoms with van der Waals surface area (Å²) >= 11 is 12.2. The van der Waals surface area contributed by atoms with Gasteiger partial charge in [-0.1, -0.05) is 47.5 Å². The normalized spacial score (nSPS) is 14.2. The van der Waals surface area contributed by atoms with Gasteiger partial charge < -0.3 is 20.3 Å². The third kappa shape index (κ3) is 6.23. The summed E-state index contributed by atoms with van der Waals surface area (Å²) in [4.78, 5) is 21.0. The predicted molar refractivity (Wildman–Crippen MR) is 137 cm³/mol. The number of nitrogens with zero attached hydrogens (tertiary/aromatic N) is 3. The molecule has 6 nitrogen and oxygen atoms in total. The molecular weight excluding hydrogens is 490 g/mol. The number of anilines is 1. The summed E-state index contributed by atoms with van der Waals surface area (Å²) in [5.41, 5.74) is 9.19. The largest absolute Gasteiger partial charge is 0.489 e. The zero-order chi connectivity index (χ0) is 24.9. The van der Waals surface area contributed by atoms with Gasteiger partial charge >= 0.3 is 0 Å². The number of carbonyl (C=O) groups excluding carboxylic acids is 1. The molecule has 3 aromatic rings. The first-order chi connectivity index (χ1) is 16.8. The minimum Gasteiger partial charge on any atom is -0.489 e. The highest BCUT2D eigenvalue weighted by Gasteiger charge is 2.19. The smallest absolute Gasteiger partial charge is 0.227 e. The van der Waals surface area contributed by atoms with Crippen LogP contribution in [0.25, 0.3) is 11.1 Å². The zero-order valence-electron chi connectivity index (χ0n) is 19.4. The third-order valence-electron chi connectivity index (χ3n) is 6.13. The lowest BCUT2D eigenvalue weighted by Crippen LogP contribution is -2.47. The number of ether oxygens (including phenoxy) is 1. The average Bonchev–Trinajstić information content (AvgIpc) is 2.85. The van der Waals surface area contributed by atoms with Crippen molar-refractivity contribution in [1.82, 2.24) is 14.8 Å². The van der Waals surface area contributed by atoms with Crippen LogP contribution in [0.5, 0.6) is 5.75 Å². The summed E-state index contributed by atoms with van der Waals surface area (Å²) in [6.07, 6.45) is 2.37. The molecule has 0 spiro atoms. The molecule has 9 heteroatoms. The van der Waals surface area contributed by atoms with Crippen LogP contribution in [0.2, 0.25) is 10.0 Å². The van der Waals surface area contributed by atoms with E-state index in [4.69, 9.17) is 33.7 Å². The molecule has 2 N–H and O–H groups in total. The van der Waals surface area contributed by atoms with Gasteiger partial charge in [-0.15, -0.1) is 0 Å². The molecule has 2 heterocycles. The number of nitrogen functional groups attached to an aromatic ring is 1. The van der Waals surface area contributed by atoms with E-state index in [0.717, 1.165) is 42.9 Å². The second-order valence-electron chi connectivity index (χ2n) is 8.59. The highest BCUT2D eigenvalue weighted by molar-refractivity contribution is 6.36. The van der Waals surface area contributed by atoms with Crippen LogP contribution in [0.1, 0.15) is 11.1 Å². The molecule has 0 unspecified atom stereocenters. The number of hydrogen-bond acceptors (Lipinski definition) is 5. The van der Waals surface area contributed by atoms with Gasteiger partial charge in [0.25, 0.3) is 0 Å². The number of benzene rings is 2. The molecule has 0 saturated carbocycles. The lowest BCUT2D eigenvalue weighted by molar-refractivity contribution is -0.132. The predicted octanol–water partition coefficient (Wildman–Crippen LogP) is 4.71. The fourth-order valence-electron chi connectivity index (χ4n) is 3.95. The van der Waals surface area contributed by atoms with E-state index in [-0.39, 0.29) is 23.4 Å². The average molecular weight is 517 g/mol. The summed E-state index contributed by atoms with van der Waals surface area (Å²) in [7, 11) is 2.07. The van der Waals surface area contributed by atoms with Crippen LogP contribution < -0.4 is 10.5 Å². The molecule has 4 rings (SSSR count). The molecule has 1 saturated heterocycles. The zero-order valence-corrected chi connectivity index (χ0v) is 20.9. The molecule has 1 amide bonds. The Morgan fingerprint density at radius 1 is 1.09 bits per heavy atom. The molecule has 0 bridgehead atoms. The fourth-order valence-corrected chi connectivity index (χ4v) is 4.51. The summed E-state index contributed by atoms with van der Waals surface area (Å²) in [6.45, 7) is 3.55. The molecule has 35 heavy (non-hydrogen) atoms. The molecule has 1 aliphatic heterocycles. The van der Waals surface area contributed by atoms with E-state index < -0.39 is 5.82 Å². The number of amides is 1. The summed E-state index contributed by atoms with van der Waals surface area (Å²) in [6, 6.07) is 12.3. The Balaban J connectivity index is 1.39. The van der Waals surface area contributed by atoms with Gasteiger partial charge in [0.15, 0.2) is 11.6 Å². The maximum atomic E-state index is 13.7. The minimum atomic E-state index is -0.525. The van der Waals surface area contributed by atoms with E-state index in [1.165, 1.54) is 12.1 Å². The Hall–Kier alpha value is -2.87. The van der Waals surface area contributed by atoms with Crippen molar-refractivity contribution in [3.05, 3.63) is 75.7 Å². The van der Waals surface area contributed by atoms with E-state index in [1.807, 2.05) is 35.2 Å². The standard InChI is InChI=1S/C26H27Cl2FN4O2/c1-32-9-11-33(12-10-32)24(34)14-17-2-4-18(5-3-17)19-15-23(26(30)31-16-19)35-13-8-20-21(27)6-7-22(29)25(20)28/h2-7,15-16H,8-14H2,1H3,(H2,30,31). The fraction of sp³-hybridized carbons (Fsp3) is 0.308. The van der Waals surface area contributed by atoms with Crippen molar-refractivity contribution in [2.45, 2.75) is 12.8 Å². The van der Waals surface area contributed by atoms with Crippen LogP contribution in [0.3, 0.4) is 0 Å². The number of likely N-dealkylation sites (N-methyl/N-ethyl adjacent to an activating group) is 1. The van der Waals surface area contributed by atoms with Gasteiger partial charge in [0.05, 0.1) is 18.1 Å². The first kappa shape index (κ1) is 25.2. The molecule has 0 atom stereocenters. The van der Waals surface area contributed by atoms with Crippen LogP contribution in [-0.4, -0.2) is 60.5 Å². The van der Waals surface area contributed by atoms with Crippen molar-refractivity contribution in [3.63, 3.8) is 0 Å². The maximum Gasteiger partial charge on any atom is 0.227 e. The molecule has 1 fully saturated rings. The molecule has 2 aromatic carbocycles. The highest BCUT2D eigenvalue weighted by atomic mass is 35.5. The van der Waals surface area contributed by atoms with Crippen molar-refractivity contribution < 1.29 is 13.9 Å². The molecule has 184 valence electrons. The van der Waals surface area contributed by atoms with Crippen molar-refractivity contribution in [3.8, 4) is 16.9 Å². The number of piperazine rings is 1. The van der Waals surface area contributed by atoms with Gasteiger partial charge in [-0.2, -0.15) is 0 Å². The summed E-state index contributed by atoms with van der Waals surface area (Å²) in [5.74, 6) is 0.289. The molecule has 1 aliphatic rings. The molecule has 1 aromatic heterocycles. The number of rotatable bonds is 7. The van der Waals surface area contributed by atoms with Crippen molar-refractivity contribution in [1.29, 1.82) is 0 Å². The van der Waals surface area contributed by atoms with Crippen molar-refractivity contribution in [2.24, 2.45) is 0 Å². The van der Waals surface area contributed by atoms with Gasteiger partial charge in [-0.3, -0.25) is 4.79 Å². The lowest BCUT2D eigenvalue weighted by Gasteiger charge is -2.32. The number of carbonyl (C=O) groups is 1. The van der Waals surface area contributed by atoms with E-state index in [0.29, 0.717) is 29.2 Å². The van der Waals surface area contributed by atoms with Gasteiger partial charge in [0, 0.05) is 49.4 Å². The third-order valence-corrected chi connectivity index (χ3v) is 6.89. The molecule has 0 aliphatic carbocycles. The second kappa shape index (κ2) is 11.2. The minimum absolute atomic E-state index is 0.00728. The van der Waals surface area contributed by atoms with Gasteiger partial charge in [-0.05, 0) is 41.9 Å². The number of aromatic nitrogens is 1. The number of pyridine rings is 1. The lowest BCUT2D eigenvalue weighted by atomic mass is 10.0. The topological polar surface area (TPSA) is 71.7 Å². The Kier molecular flexibility index (Phi) is 8.11. The Morgan fingerprint density at radius 2 is 1.80 bits per heavy atom. The summed E-state index contributed by atoms with van der Waals surface area (Å²) in [5, 5.41) is 0.373. The van der Waals surface area contributed by atoms with Crippen LogP contribution in [0.15, 0.2) is 48.7 Å².